The third kappa shape index (κ3) is 6.76. The lowest BCUT2D eigenvalue weighted by Crippen LogP contribution is -2.40. The second kappa shape index (κ2) is 13.4. The Kier molecular flexibility index (Phi) is 9.49. The van der Waals surface area contributed by atoms with Gasteiger partial charge in [0.1, 0.15) is 5.69 Å². The zero-order valence-electron chi connectivity index (χ0n) is 25.5. The molecule has 41 heavy (non-hydrogen) atoms. The standard InChI is InChI=1S/C35H50N4OS/c1-26-18-22-39(23-19-26)35-30(25-27-11-6-4-7-12-27)36-34(40-35)33(38-20-8-5-9-21-38)29-16-14-28(15-17-29)32(37(2)3)31-13-10-24-41-31/h4,6-7,10-13,24,26,28-29,32-33H,5,8-9,14-23,25H2,1-3H3. The van der Waals surface area contributed by atoms with Crippen molar-refractivity contribution < 1.29 is 4.42 Å². The van der Waals surface area contributed by atoms with Gasteiger partial charge >= 0.3 is 0 Å². The third-order valence-corrected chi connectivity index (χ3v) is 11.1. The van der Waals surface area contributed by atoms with E-state index in [1.807, 2.05) is 11.3 Å². The van der Waals surface area contributed by atoms with Crippen LogP contribution in [0.5, 0.6) is 0 Å². The number of benzene rings is 1. The maximum atomic E-state index is 6.97. The van der Waals surface area contributed by atoms with Crippen LogP contribution in [0, 0.1) is 17.8 Å². The van der Waals surface area contributed by atoms with Crippen LogP contribution < -0.4 is 4.90 Å². The van der Waals surface area contributed by atoms with Gasteiger partial charge < -0.3 is 14.2 Å². The number of thiophene rings is 1. The molecule has 0 N–H and O–H groups in total. The van der Waals surface area contributed by atoms with Crippen LogP contribution in [0.15, 0.2) is 52.3 Å². The number of hydrogen-bond acceptors (Lipinski definition) is 6. The average molecular weight is 575 g/mol. The Balaban J connectivity index is 1.27. The monoisotopic (exact) mass is 574 g/mol. The Morgan fingerprint density at radius 3 is 2.24 bits per heavy atom. The molecule has 2 atom stereocenters. The van der Waals surface area contributed by atoms with E-state index in [0.29, 0.717) is 23.9 Å². The molecule has 222 valence electrons. The molecule has 1 aromatic carbocycles. The van der Waals surface area contributed by atoms with Gasteiger partial charge in [-0.1, -0.05) is 49.7 Å². The molecular weight excluding hydrogens is 524 g/mol. The number of piperidine rings is 2. The van der Waals surface area contributed by atoms with E-state index in [0.717, 1.165) is 42.9 Å². The maximum Gasteiger partial charge on any atom is 0.219 e. The molecular formula is C35H50N4OS. The Morgan fingerprint density at radius 2 is 1.59 bits per heavy atom. The normalized spacial score (nSPS) is 24.5. The molecule has 3 aromatic rings. The van der Waals surface area contributed by atoms with Gasteiger partial charge in [-0.05, 0) is 113 Å². The minimum atomic E-state index is 0.294. The van der Waals surface area contributed by atoms with Crippen LogP contribution in [0.1, 0.15) is 98.8 Å². The summed E-state index contributed by atoms with van der Waals surface area (Å²) in [7, 11) is 4.52. The van der Waals surface area contributed by atoms with Gasteiger partial charge in [-0.2, -0.15) is 0 Å². The number of oxazole rings is 1. The summed E-state index contributed by atoms with van der Waals surface area (Å²) in [4.78, 5) is 14.6. The molecule has 0 amide bonds. The average Bonchev–Trinajstić information content (AvgIpc) is 3.66. The van der Waals surface area contributed by atoms with Crippen molar-refractivity contribution in [3.63, 3.8) is 0 Å². The summed E-state index contributed by atoms with van der Waals surface area (Å²) >= 11 is 1.92. The van der Waals surface area contributed by atoms with Crippen molar-refractivity contribution >= 4 is 17.2 Å². The zero-order chi connectivity index (χ0) is 28.2. The van der Waals surface area contributed by atoms with E-state index in [4.69, 9.17) is 9.40 Å². The lowest BCUT2D eigenvalue weighted by molar-refractivity contribution is 0.0564. The molecule has 0 bridgehead atoms. The molecule has 3 aliphatic rings. The first-order valence-corrected chi connectivity index (χ1v) is 17.2. The van der Waals surface area contributed by atoms with Crippen LogP contribution in [0.2, 0.25) is 0 Å². The summed E-state index contributed by atoms with van der Waals surface area (Å²) in [6.07, 6.45) is 12.3. The van der Waals surface area contributed by atoms with Crippen LogP contribution in [-0.2, 0) is 6.42 Å². The van der Waals surface area contributed by atoms with Crippen molar-refractivity contribution in [3.05, 3.63) is 69.9 Å². The van der Waals surface area contributed by atoms with Gasteiger partial charge in [-0.25, -0.2) is 4.98 Å². The van der Waals surface area contributed by atoms with Crippen molar-refractivity contribution in [2.45, 2.75) is 83.2 Å². The number of likely N-dealkylation sites (tertiary alicyclic amines) is 1. The number of nitrogens with zero attached hydrogens (tertiary/aromatic N) is 4. The van der Waals surface area contributed by atoms with E-state index in [-0.39, 0.29) is 0 Å². The highest BCUT2D eigenvalue weighted by molar-refractivity contribution is 7.10. The summed E-state index contributed by atoms with van der Waals surface area (Å²) in [5.74, 6) is 4.16. The van der Waals surface area contributed by atoms with Gasteiger partial charge in [0.25, 0.3) is 0 Å². The Hall–Kier alpha value is -2.15. The van der Waals surface area contributed by atoms with Crippen LogP contribution in [0.3, 0.4) is 0 Å². The maximum absolute atomic E-state index is 6.97. The molecule has 0 radical (unpaired) electrons. The van der Waals surface area contributed by atoms with Crippen molar-refractivity contribution in [1.29, 1.82) is 0 Å². The van der Waals surface area contributed by atoms with E-state index in [1.54, 1.807) is 0 Å². The van der Waals surface area contributed by atoms with E-state index < -0.39 is 0 Å². The number of aromatic nitrogens is 1. The minimum absolute atomic E-state index is 0.294. The van der Waals surface area contributed by atoms with E-state index in [9.17, 15) is 0 Å². The Morgan fingerprint density at radius 1 is 0.878 bits per heavy atom. The Bertz CT molecular complexity index is 1190. The van der Waals surface area contributed by atoms with Gasteiger partial charge in [0.15, 0.2) is 0 Å². The minimum Gasteiger partial charge on any atom is -0.423 e. The topological polar surface area (TPSA) is 35.8 Å². The lowest BCUT2D eigenvalue weighted by Gasteiger charge is -2.42. The molecule has 3 fully saturated rings. The summed E-state index contributed by atoms with van der Waals surface area (Å²) in [5.41, 5.74) is 2.46. The quantitative estimate of drug-likeness (QED) is 0.257. The highest BCUT2D eigenvalue weighted by Crippen LogP contribution is 2.46. The fraction of sp³-hybridized carbons (Fsp3) is 0.629. The molecule has 5 nitrogen and oxygen atoms in total. The van der Waals surface area contributed by atoms with Crippen LogP contribution in [0.25, 0.3) is 0 Å². The lowest BCUT2D eigenvalue weighted by atomic mass is 9.74. The summed E-state index contributed by atoms with van der Waals surface area (Å²) in [6.45, 7) is 6.88. The molecule has 1 saturated carbocycles. The number of anilines is 1. The number of rotatable bonds is 9. The molecule has 4 heterocycles. The van der Waals surface area contributed by atoms with Gasteiger partial charge in [0.05, 0.1) is 6.04 Å². The molecule has 2 aliphatic heterocycles. The number of hydrogen-bond donors (Lipinski definition) is 0. The molecule has 1 aliphatic carbocycles. The SMILES string of the molecule is CC1CCN(c2oc(C(C3CCC(C(c4cccs4)N(C)C)CC3)N3CCCCC3)nc2Cc2ccccc2)CC1. The zero-order valence-corrected chi connectivity index (χ0v) is 26.3. The van der Waals surface area contributed by atoms with E-state index in [2.05, 4.69) is 83.6 Å². The predicted molar refractivity (Wildman–Crippen MR) is 171 cm³/mol. The third-order valence-electron chi connectivity index (χ3n) is 10.1. The Labute approximate surface area is 251 Å². The second-order valence-electron chi connectivity index (χ2n) is 13.3. The van der Waals surface area contributed by atoms with Crippen molar-refractivity contribution in [1.82, 2.24) is 14.8 Å². The highest BCUT2D eigenvalue weighted by Gasteiger charge is 2.39. The summed E-state index contributed by atoms with van der Waals surface area (Å²) in [5, 5.41) is 2.24. The highest BCUT2D eigenvalue weighted by atomic mass is 32.1. The van der Waals surface area contributed by atoms with Gasteiger partial charge in [0, 0.05) is 30.4 Å². The molecule has 6 heteroatoms. The van der Waals surface area contributed by atoms with Crippen LogP contribution in [-0.4, -0.2) is 55.1 Å². The largest absolute Gasteiger partial charge is 0.423 e. The fourth-order valence-electron chi connectivity index (χ4n) is 7.85. The smallest absolute Gasteiger partial charge is 0.219 e. The first-order chi connectivity index (χ1) is 20.1. The first-order valence-electron chi connectivity index (χ1n) is 16.3. The molecule has 0 spiro atoms. The predicted octanol–water partition coefficient (Wildman–Crippen LogP) is 8.20. The first kappa shape index (κ1) is 28.9. The van der Waals surface area contributed by atoms with Crippen molar-refractivity contribution in [2.24, 2.45) is 17.8 Å². The molecule has 2 saturated heterocycles. The van der Waals surface area contributed by atoms with Gasteiger partial charge in [-0.15, -0.1) is 11.3 Å². The molecule has 2 aromatic heterocycles. The van der Waals surface area contributed by atoms with Crippen molar-refractivity contribution in [3.8, 4) is 0 Å². The summed E-state index contributed by atoms with van der Waals surface area (Å²) < 4.78 is 6.97. The van der Waals surface area contributed by atoms with Crippen molar-refractivity contribution in [2.75, 3.05) is 45.2 Å². The van der Waals surface area contributed by atoms with Gasteiger partial charge in [0.2, 0.25) is 11.8 Å². The molecule has 6 rings (SSSR count). The molecule has 2 unspecified atom stereocenters. The van der Waals surface area contributed by atoms with Crippen LogP contribution >= 0.6 is 11.3 Å². The van der Waals surface area contributed by atoms with Gasteiger partial charge in [-0.3, -0.25) is 4.90 Å². The van der Waals surface area contributed by atoms with Crippen LogP contribution in [0.4, 0.5) is 5.88 Å². The fourth-order valence-corrected chi connectivity index (χ4v) is 8.86. The van der Waals surface area contributed by atoms with E-state index in [1.165, 1.54) is 81.3 Å². The summed E-state index contributed by atoms with van der Waals surface area (Å²) in [6, 6.07) is 16.2. The second-order valence-corrected chi connectivity index (χ2v) is 14.3. The van der Waals surface area contributed by atoms with E-state index >= 15 is 0 Å².